The highest BCUT2D eigenvalue weighted by Crippen LogP contribution is 2.16. The number of amides is 2. The van der Waals surface area contributed by atoms with E-state index < -0.39 is 23.2 Å². The van der Waals surface area contributed by atoms with Gasteiger partial charge in [0.1, 0.15) is 0 Å². The number of pyridine rings is 1. The van der Waals surface area contributed by atoms with Crippen LogP contribution >= 0.6 is 0 Å². The average molecular weight is 282 g/mol. The molecular weight excluding hydrogens is 263 g/mol. The Labute approximate surface area is 116 Å². The molecule has 1 heterocycles. The van der Waals surface area contributed by atoms with Crippen LogP contribution in [-0.4, -0.2) is 28.9 Å². The third-order valence-corrected chi connectivity index (χ3v) is 2.55. The Kier molecular flexibility index (Phi) is 5.01. The van der Waals surface area contributed by atoms with E-state index in [2.05, 4.69) is 15.6 Å². The van der Waals surface area contributed by atoms with Gasteiger partial charge in [-0.2, -0.15) is 0 Å². The molecule has 0 saturated carbocycles. The normalized spacial score (nSPS) is 11.0. The van der Waals surface area contributed by atoms with Crippen molar-refractivity contribution in [1.29, 1.82) is 0 Å². The molecule has 1 rings (SSSR count). The maximum absolute atomic E-state index is 14.1. The van der Waals surface area contributed by atoms with Crippen LogP contribution in [0.3, 0.4) is 0 Å². The number of halogens is 1. The first-order chi connectivity index (χ1) is 9.26. The van der Waals surface area contributed by atoms with Gasteiger partial charge in [-0.15, -0.1) is 0 Å². The minimum absolute atomic E-state index is 0.0212. The summed E-state index contributed by atoms with van der Waals surface area (Å²) in [6.45, 7) is 5.56. The highest BCUT2D eigenvalue weighted by atomic mass is 19.1. The molecule has 1 aromatic heterocycles. The smallest absolute Gasteiger partial charge is 0.254 e. The van der Waals surface area contributed by atoms with Crippen LogP contribution in [0.1, 0.15) is 37.6 Å². The van der Waals surface area contributed by atoms with Crippen molar-refractivity contribution in [3.05, 3.63) is 23.6 Å². The lowest BCUT2D eigenvalue weighted by atomic mass is 9.99. The largest absolute Gasteiger partial charge is 0.370 e. The van der Waals surface area contributed by atoms with Crippen molar-refractivity contribution in [1.82, 2.24) is 10.3 Å². The van der Waals surface area contributed by atoms with Crippen LogP contribution in [0, 0.1) is 5.82 Å². The second-order valence-electron chi connectivity index (χ2n) is 5.03. The lowest BCUT2D eigenvalue weighted by Gasteiger charge is -2.25. The van der Waals surface area contributed by atoms with Crippen LogP contribution in [0.15, 0.2) is 12.3 Å². The van der Waals surface area contributed by atoms with Crippen LogP contribution in [0.2, 0.25) is 0 Å². The Balaban J connectivity index is 2.93. The number of hydrogen-bond donors (Lipinski definition) is 3. The lowest BCUT2D eigenvalue weighted by Crippen LogP contribution is -2.46. The molecule has 0 aliphatic rings. The van der Waals surface area contributed by atoms with Crippen molar-refractivity contribution in [2.45, 2.75) is 32.7 Å². The van der Waals surface area contributed by atoms with Crippen molar-refractivity contribution in [3.8, 4) is 0 Å². The topological polar surface area (TPSA) is 97.1 Å². The molecule has 20 heavy (non-hydrogen) atoms. The zero-order chi connectivity index (χ0) is 15.3. The molecule has 0 unspecified atom stereocenters. The van der Waals surface area contributed by atoms with Crippen molar-refractivity contribution < 1.29 is 14.0 Å². The number of primary amides is 1. The molecule has 0 aliphatic carbocycles. The molecule has 4 N–H and O–H groups in total. The van der Waals surface area contributed by atoms with Crippen molar-refractivity contribution in [3.63, 3.8) is 0 Å². The second kappa shape index (κ2) is 6.31. The van der Waals surface area contributed by atoms with Gasteiger partial charge >= 0.3 is 0 Å². The fourth-order valence-electron chi connectivity index (χ4n) is 1.76. The average Bonchev–Trinajstić information content (AvgIpc) is 2.29. The van der Waals surface area contributed by atoms with Crippen LogP contribution in [0.5, 0.6) is 0 Å². The number of rotatable bonds is 6. The number of carbonyl (C=O) groups excluding carboxylic acids is 2. The van der Waals surface area contributed by atoms with E-state index in [1.165, 1.54) is 12.3 Å². The molecule has 6 nitrogen and oxygen atoms in total. The molecule has 0 atom stereocenters. The Morgan fingerprint density at radius 3 is 2.65 bits per heavy atom. The van der Waals surface area contributed by atoms with Crippen molar-refractivity contribution in [2.75, 3.05) is 11.9 Å². The van der Waals surface area contributed by atoms with E-state index in [4.69, 9.17) is 5.73 Å². The Morgan fingerprint density at radius 1 is 1.45 bits per heavy atom. The molecule has 110 valence electrons. The third kappa shape index (κ3) is 4.18. The van der Waals surface area contributed by atoms with Gasteiger partial charge in [0.15, 0.2) is 11.6 Å². The highest BCUT2D eigenvalue weighted by Gasteiger charge is 2.25. The van der Waals surface area contributed by atoms with E-state index in [0.29, 0.717) is 6.54 Å². The number of nitrogens with two attached hydrogens (primary N) is 1. The van der Waals surface area contributed by atoms with Gasteiger partial charge in [0, 0.05) is 24.7 Å². The van der Waals surface area contributed by atoms with Gasteiger partial charge in [-0.25, -0.2) is 9.37 Å². The minimum atomic E-state index is -0.850. The first-order valence-corrected chi connectivity index (χ1v) is 6.26. The quantitative estimate of drug-likeness (QED) is 0.726. The Hall–Kier alpha value is -2.18. The van der Waals surface area contributed by atoms with E-state index in [-0.39, 0.29) is 17.8 Å². The Bertz CT molecular complexity index is 517. The van der Waals surface area contributed by atoms with Crippen LogP contribution < -0.4 is 16.4 Å². The van der Waals surface area contributed by atoms with Crippen molar-refractivity contribution in [2.24, 2.45) is 5.73 Å². The number of hydrogen-bond acceptors (Lipinski definition) is 4. The summed E-state index contributed by atoms with van der Waals surface area (Å²) in [6.07, 6.45) is 1.31. The van der Waals surface area contributed by atoms with Crippen molar-refractivity contribution >= 4 is 17.6 Å². The summed E-state index contributed by atoms with van der Waals surface area (Å²) in [6, 6.07) is 1.28. The van der Waals surface area contributed by atoms with Crippen LogP contribution in [0.25, 0.3) is 0 Å². The van der Waals surface area contributed by atoms with Gasteiger partial charge in [0.25, 0.3) is 5.91 Å². The molecule has 2 amide bonds. The first kappa shape index (κ1) is 15.9. The Morgan fingerprint density at radius 2 is 2.10 bits per heavy atom. The van der Waals surface area contributed by atoms with Gasteiger partial charge in [-0.1, -0.05) is 0 Å². The van der Waals surface area contributed by atoms with Crippen LogP contribution in [-0.2, 0) is 4.79 Å². The molecule has 1 aromatic rings. The second-order valence-corrected chi connectivity index (χ2v) is 5.03. The maximum Gasteiger partial charge on any atom is 0.254 e. The fourth-order valence-corrected chi connectivity index (χ4v) is 1.76. The summed E-state index contributed by atoms with van der Waals surface area (Å²) < 4.78 is 14.1. The molecule has 7 heteroatoms. The summed E-state index contributed by atoms with van der Waals surface area (Å²) in [4.78, 5) is 26.8. The number of carbonyl (C=O) groups is 2. The number of aromatic nitrogens is 1. The predicted octanol–water partition coefficient (Wildman–Crippen LogP) is 1.04. The summed E-state index contributed by atoms with van der Waals surface area (Å²) in [7, 11) is 0. The van der Waals surface area contributed by atoms with Gasteiger partial charge in [-0.05, 0) is 26.8 Å². The third-order valence-electron chi connectivity index (χ3n) is 2.55. The summed E-state index contributed by atoms with van der Waals surface area (Å²) in [5.41, 5.74) is 4.12. The SMILES string of the molecule is CCNc1nccc(C(=O)NC(C)(C)CC(N)=O)c1F. The van der Waals surface area contributed by atoms with Gasteiger partial charge in [-0.3, -0.25) is 9.59 Å². The zero-order valence-corrected chi connectivity index (χ0v) is 11.8. The molecular formula is C13H19FN4O2. The van der Waals surface area contributed by atoms with E-state index in [9.17, 15) is 14.0 Å². The molecule has 0 spiro atoms. The molecule has 0 saturated heterocycles. The lowest BCUT2D eigenvalue weighted by molar-refractivity contribution is -0.119. The summed E-state index contributed by atoms with van der Waals surface area (Å²) in [5.74, 6) is -1.86. The monoisotopic (exact) mass is 282 g/mol. The number of nitrogens with zero attached hydrogens (tertiary/aromatic N) is 1. The van der Waals surface area contributed by atoms with E-state index in [1.807, 2.05) is 0 Å². The molecule has 0 aromatic carbocycles. The number of anilines is 1. The molecule has 0 radical (unpaired) electrons. The van der Waals surface area contributed by atoms with Crippen LogP contribution in [0.4, 0.5) is 10.2 Å². The standard InChI is InChI=1S/C13H19FN4O2/c1-4-16-11-10(14)8(5-6-17-11)12(20)18-13(2,3)7-9(15)19/h5-6H,4,7H2,1-3H3,(H2,15,19)(H,16,17)(H,18,20). The first-order valence-electron chi connectivity index (χ1n) is 6.26. The number of nitrogens with one attached hydrogen (secondary N) is 2. The van der Waals surface area contributed by atoms with E-state index >= 15 is 0 Å². The van der Waals surface area contributed by atoms with Gasteiger partial charge < -0.3 is 16.4 Å². The predicted molar refractivity (Wildman–Crippen MR) is 73.7 cm³/mol. The molecule has 0 aliphatic heterocycles. The van der Waals surface area contributed by atoms with Gasteiger partial charge in [0.05, 0.1) is 5.56 Å². The summed E-state index contributed by atoms with van der Waals surface area (Å²) in [5, 5.41) is 5.30. The minimum Gasteiger partial charge on any atom is -0.370 e. The summed E-state index contributed by atoms with van der Waals surface area (Å²) >= 11 is 0. The highest BCUT2D eigenvalue weighted by molar-refractivity contribution is 5.96. The van der Waals surface area contributed by atoms with Gasteiger partial charge in [0.2, 0.25) is 5.91 Å². The maximum atomic E-state index is 14.1. The zero-order valence-electron chi connectivity index (χ0n) is 11.8. The van der Waals surface area contributed by atoms with E-state index in [1.54, 1.807) is 20.8 Å². The van der Waals surface area contributed by atoms with E-state index in [0.717, 1.165) is 0 Å². The fraction of sp³-hybridized carbons (Fsp3) is 0.462. The molecule has 0 fully saturated rings. The molecule has 0 bridgehead atoms.